The van der Waals surface area contributed by atoms with Crippen molar-refractivity contribution in [3.05, 3.63) is 52.5 Å². The molecule has 0 aliphatic rings. The number of rotatable bonds is 8. The van der Waals surface area contributed by atoms with E-state index in [9.17, 15) is 4.79 Å². The van der Waals surface area contributed by atoms with E-state index in [-0.39, 0.29) is 5.91 Å². The largest absolute Gasteiger partial charge is 0.492 e. The Hall–Kier alpha value is -1.96. The number of anilines is 1. The third-order valence-corrected chi connectivity index (χ3v) is 5.97. The molecule has 0 saturated heterocycles. The van der Waals surface area contributed by atoms with Crippen molar-refractivity contribution < 1.29 is 9.53 Å². The van der Waals surface area contributed by atoms with Gasteiger partial charge in [0.25, 0.3) is 5.91 Å². The first-order valence-corrected chi connectivity index (χ1v) is 10.9. The van der Waals surface area contributed by atoms with E-state index in [0.717, 1.165) is 33.4 Å². The third kappa shape index (κ3) is 4.71. The molecule has 3 aromatic rings. The minimum absolute atomic E-state index is 0.0525. The molecule has 0 N–H and O–H groups in total. The standard InChI is InChI=1S/C21H24BrN3O2S/c1-4-27-17-11-7-12-18-19(17)23-21(28-18)25(14-8-13-24(2)3)20(26)15-9-5-6-10-16(15)22/h5-7,9-12H,4,8,13-14H2,1-3H3. The zero-order valence-electron chi connectivity index (χ0n) is 16.3. The number of thiazole rings is 1. The number of amides is 1. The average Bonchev–Trinajstić information content (AvgIpc) is 3.10. The van der Waals surface area contributed by atoms with Crippen LogP contribution in [0, 0.1) is 0 Å². The van der Waals surface area contributed by atoms with Crippen LogP contribution in [0.1, 0.15) is 23.7 Å². The second-order valence-corrected chi connectivity index (χ2v) is 8.49. The first-order valence-electron chi connectivity index (χ1n) is 9.24. The van der Waals surface area contributed by atoms with Crippen LogP contribution in [0.4, 0.5) is 5.13 Å². The molecule has 5 nitrogen and oxygen atoms in total. The molecular formula is C21H24BrN3O2S. The van der Waals surface area contributed by atoms with E-state index in [0.29, 0.717) is 23.8 Å². The number of nitrogens with zero attached hydrogens (tertiary/aromatic N) is 3. The second kappa shape index (κ2) is 9.49. The zero-order valence-corrected chi connectivity index (χ0v) is 18.7. The summed E-state index contributed by atoms with van der Waals surface area (Å²) in [5.41, 5.74) is 1.44. The quantitative estimate of drug-likeness (QED) is 0.470. The summed E-state index contributed by atoms with van der Waals surface area (Å²) in [4.78, 5) is 22.0. The van der Waals surface area contributed by atoms with Gasteiger partial charge < -0.3 is 9.64 Å². The smallest absolute Gasteiger partial charge is 0.261 e. The van der Waals surface area contributed by atoms with Crippen molar-refractivity contribution in [2.75, 3.05) is 38.7 Å². The highest BCUT2D eigenvalue weighted by molar-refractivity contribution is 9.10. The molecule has 0 unspecified atom stereocenters. The highest BCUT2D eigenvalue weighted by atomic mass is 79.9. The fourth-order valence-electron chi connectivity index (χ4n) is 2.91. The predicted molar refractivity (Wildman–Crippen MR) is 120 cm³/mol. The number of hydrogen-bond acceptors (Lipinski definition) is 5. The third-order valence-electron chi connectivity index (χ3n) is 4.24. The Morgan fingerprint density at radius 2 is 1.93 bits per heavy atom. The molecule has 1 heterocycles. The van der Waals surface area contributed by atoms with E-state index >= 15 is 0 Å². The number of halogens is 1. The van der Waals surface area contributed by atoms with Gasteiger partial charge in [0.1, 0.15) is 11.3 Å². The number of carbonyl (C=O) groups is 1. The predicted octanol–water partition coefficient (Wildman–Crippen LogP) is 5.06. The summed E-state index contributed by atoms with van der Waals surface area (Å²) in [7, 11) is 4.07. The lowest BCUT2D eigenvalue weighted by Crippen LogP contribution is -2.33. The van der Waals surface area contributed by atoms with Gasteiger partial charge in [-0.25, -0.2) is 4.98 Å². The number of fused-ring (bicyclic) bond motifs is 1. The minimum Gasteiger partial charge on any atom is -0.492 e. The maximum Gasteiger partial charge on any atom is 0.261 e. The van der Waals surface area contributed by atoms with Crippen LogP contribution in [0.2, 0.25) is 0 Å². The summed E-state index contributed by atoms with van der Waals surface area (Å²) in [6, 6.07) is 13.4. The van der Waals surface area contributed by atoms with Crippen molar-refractivity contribution in [3.8, 4) is 5.75 Å². The molecular weight excluding hydrogens is 438 g/mol. The Morgan fingerprint density at radius 3 is 2.64 bits per heavy atom. The van der Waals surface area contributed by atoms with E-state index < -0.39 is 0 Å². The topological polar surface area (TPSA) is 45.7 Å². The lowest BCUT2D eigenvalue weighted by atomic mass is 10.2. The number of carbonyl (C=O) groups excluding carboxylic acids is 1. The molecule has 0 spiro atoms. The van der Waals surface area contributed by atoms with Crippen molar-refractivity contribution in [3.63, 3.8) is 0 Å². The maximum absolute atomic E-state index is 13.3. The van der Waals surface area contributed by atoms with Crippen molar-refractivity contribution in [2.45, 2.75) is 13.3 Å². The number of aromatic nitrogens is 1. The van der Waals surface area contributed by atoms with E-state index in [1.54, 1.807) is 4.90 Å². The summed E-state index contributed by atoms with van der Waals surface area (Å²) < 4.78 is 7.51. The first-order chi connectivity index (χ1) is 13.5. The van der Waals surface area contributed by atoms with Gasteiger partial charge in [0.2, 0.25) is 0 Å². The molecule has 0 bridgehead atoms. The van der Waals surface area contributed by atoms with Gasteiger partial charge in [-0.05, 0) is 74.2 Å². The molecule has 28 heavy (non-hydrogen) atoms. The maximum atomic E-state index is 13.3. The van der Waals surface area contributed by atoms with Crippen molar-refractivity contribution in [1.29, 1.82) is 0 Å². The van der Waals surface area contributed by atoms with E-state index in [4.69, 9.17) is 9.72 Å². The van der Waals surface area contributed by atoms with Crippen molar-refractivity contribution in [1.82, 2.24) is 9.88 Å². The molecule has 0 aliphatic heterocycles. The Bertz CT molecular complexity index is 958. The van der Waals surface area contributed by atoms with Crippen molar-refractivity contribution in [2.24, 2.45) is 0 Å². The SMILES string of the molecule is CCOc1cccc2sc(N(CCCN(C)C)C(=O)c3ccccc3Br)nc12. The molecule has 0 aliphatic carbocycles. The Balaban J connectivity index is 1.98. The zero-order chi connectivity index (χ0) is 20.1. The fourth-order valence-corrected chi connectivity index (χ4v) is 4.37. The highest BCUT2D eigenvalue weighted by Crippen LogP contribution is 2.35. The molecule has 0 saturated carbocycles. The number of para-hydroxylation sites is 1. The number of hydrogen-bond donors (Lipinski definition) is 0. The molecule has 148 valence electrons. The molecule has 2 aromatic carbocycles. The van der Waals surface area contributed by atoms with E-state index in [1.165, 1.54) is 11.3 Å². The Labute approximate surface area is 178 Å². The first kappa shape index (κ1) is 20.8. The molecule has 1 amide bonds. The van der Waals surface area contributed by atoms with Gasteiger partial charge in [0, 0.05) is 11.0 Å². The normalized spacial score (nSPS) is 11.2. The number of ether oxygens (including phenoxy) is 1. The van der Waals surface area contributed by atoms with Crippen LogP contribution in [-0.2, 0) is 0 Å². The highest BCUT2D eigenvalue weighted by Gasteiger charge is 2.23. The van der Waals surface area contributed by atoms with Gasteiger partial charge >= 0.3 is 0 Å². The fraction of sp³-hybridized carbons (Fsp3) is 0.333. The van der Waals surface area contributed by atoms with Crippen LogP contribution in [0.15, 0.2) is 46.9 Å². The summed E-state index contributed by atoms with van der Waals surface area (Å²) in [6.07, 6.45) is 0.859. The van der Waals surface area contributed by atoms with Gasteiger partial charge in [0.05, 0.1) is 16.9 Å². The summed E-state index contributed by atoms with van der Waals surface area (Å²) in [5, 5.41) is 0.696. The average molecular weight is 462 g/mol. The van der Waals surface area contributed by atoms with Crippen LogP contribution in [0.5, 0.6) is 5.75 Å². The molecule has 0 atom stereocenters. The Morgan fingerprint density at radius 1 is 1.14 bits per heavy atom. The molecule has 3 rings (SSSR count). The van der Waals surface area contributed by atoms with Gasteiger partial charge in [-0.3, -0.25) is 9.69 Å². The van der Waals surface area contributed by atoms with Crippen LogP contribution in [-0.4, -0.2) is 49.6 Å². The van der Waals surface area contributed by atoms with Crippen LogP contribution in [0.25, 0.3) is 10.2 Å². The summed E-state index contributed by atoms with van der Waals surface area (Å²) in [6.45, 7) is 4.03. The van der Waals surface area contributed by atoms with E-state index in [1.807, 2.05) is 63.5 Å². The number of benzene rings is 2. The lowest BCUT2D eigenvalue weighted by molar-refractivity contribution is 0.0985. The molecule has 1 aromatic heterocycles. The van der Waals surface area contributed by atoms with Gasteiger partial charge in [-0.2, -0.15) is 0 Å². The lowest BCUT2D eigenvalue weighted by Gasteiger charge is -2.21. The Kier molecular flexibility index (Phi) is 7.04. The molecule has 7 heteroatoms. The van der Waals surface area contributed by atoms with Gasteiger partial charge in [-0.15, -0.1) is 0 Å². The molecule has 0 radical (unpaired) electrons. The van der Waals surface area contributed by atoms with Gasteiger partial charge in [-0.1, -0.05) is 29.5 Å². The summed E-state index contributed by atoms with van der Waals surface area (Å²) >= 11 is 5.02. The summed E-state index contributed by atoms with van der Waals surface area (Å²) in [5.74, 6) is 0.701. The second-order valence-electron chi connectivity index (χ2n) is 6.63. The van der Waals surface area contributed by atoms with Crippen LogP contribution >= 0.6 is 27.3 Å². The van der Waals surface area contributed by atoms with E-state index in [2.05, 4.69) is 20.8 Å². The van der Waals surface area contributed by atoms with Crippen molar-refractivity contribution >= 4 is 48.5 Å². The molecule has 0 fully saturated rings. The monoisotopic (exact) mass is 461 g/mol. The minimum atomic E-state index is -0.0525. The van der Waals surface area contributed by atoms with Crippen LogP contribution < -0.4 is 9.64 Å². The van der Waals surface area contributed by atoms with Gasteiger partial charge in [0.15, 0.2) is 5.13 Å². The van der Waals surface area contributed by atoms with Crippen LogP contribution in [0.3, 0.4) is 0 Å².